The van der Waals surface area contributed by atoms with Crippen LogP contribution in [0.25, 0.3) is 21.6 Å². The van der Waals surface area contributed by atoms with Gasteiger partial charge in [0.1, 0.15) is 5.82 Å². The summed E-state index contributed by atoms with van der Waals surface area (Å²) in [4.78, 5) is 10.3. The van der Waals surface area contributed by atoms with E-state index in [9.17, 15) is 0 Å². The molecule has 0 bridgehead atoms. The van der Waals surface area contributed by atoms with E-state index < -0.39 is 0 Å². The lowest BCUT2D eigenvalue weighted by atomic mass is 10.2. The number of thiophene rings is 1. The first kappa shape index (κ1) is 17.4. The third kappa shape index (κ3) is 3.62. The van der Waals surface area contributed by atoms with Gasteiger partial charge in [-0.2, -0.15) is 4.98 Å². The number of hydrogen-bond donors (Lipinski definition) is 2. The molecule has 0 aliphatic rings. The highest BCUT2D eigenvalue weighted by molar-refractivity contribution is 7.13. The standard InChI is InChI=1S/C19H20N6OS/c1-26-10-9-21-19-22-16(14-8-5-11-27-14)15-17(20)25(24-18(15)23-19)12-13-6-3-2-4-7-13/h2-8,11H,9-10,12,20H2,1H3,(H,21,23,24). The maximum Gasteiger partial charge on any atom is 0.225 e. The Labute approximate surface area is 160 Å². The van der Waals surface area contributed by atoms with Crippen molar-refractivity contribution >= 4 is 34.1 Å². The number of ether oxygens (including phenoxy) is 1. The molecule has 3 heterocycles. The molecule has 3 aromatic heterocycles. The summed E-state index contributed by atoms with van der Waals surface area (Å²) in [6.07, 6.45) is 0. The average molecular weight is 380 g/mol. The molecule has 0 fully saturated rings. The molecule has 0 saturated carbocycles. The van der Waals surface area contributed by atoms with Gasteiger partial charge in [0.2, 0.25) is 5.95 Å². The summed E-state index contributed by atoms with van der Waals surface area (Å²) in [7, 11) is 1.66. The molecule has 0 aliphatic heterocycles. The minimum absolute atomic E-state index is 0.521. The topological polar surface area (TPSA) is 90.9 Å². The fourth-order valence-corrected chi connectivity index (χ4v) is 3.59. The van der Waals surface area contributed by atoms with Crippen LogP contribution in [0.2, 0.25) is 0 Å². The van der Waals surface area contributed by atoms with Crippen LogP contribution >= 0.6 is 11.3 Å². The van der Waals surface area contributed by atoms with E-state index in [1.807, 2.05) is 35.7 Å². The quantitative estimate of drug-likeness (QED) is 0.478. The number of hydrogen-bond acceptors (Lipinski definition) is 7. The van der Waals surface area contributed by atoms with Gasteiger partial charge in [0.15, 0.2) is 5.65 Å². The zero-order valence-electron chi connectivity index (χ0n) is 14.9. The fraction of sp³-hybridized carbons (Fsp3) is 0.211. The highest BCUT2D eigenvalue weighted by Gasteiger charge is 2.19. The molecular formula is C19H20N6OS. The number of nitrogens with two attached hydrogens (primary N) is 1. The second kappa shape index (κ2) is 7.73. The molecule has 0 amide bonds. The molecule has 0 spiro atoms. The summed E-state index contributed by atoms with van der Waals surface area (Å²) in [5.74, 6) is 1.09. The van der Waals surface area contributed by atoms with Crippen LogP contribution in [-0.2, 0) is 11.3 Å². The second-order valence-corrected chi connectivity index (χ2v) is 6.97. The van der Waals surface area contributed by atoms with E-state index in [1.165, 1.54) is 0 Å². The van der Waals surface area contributed by atoms with Crippen molar-refractivity contribution in [3.8, 4) is 10.6 Å². The predicted octanol–water partition coefficient (Wildman–Crippen LogP) is 3.24. The van der Waals surface area contributed by atoms with Gasteiger partial charge in [-0.25, -0.2) is 9.67 Å². The highest BCUT2D eigenvalue weighted by Crippen LogP contribution is 2.34. The van der Waals surface area contributed by atoms with Crippen LogP contribution in [0.15, 0.2) is 47.8 Å². The number of nitrogen functional groups attached to an aromatic ring is 1. The highest BCUT2D eigenvalue weighted by atomic mass is 32.1. The van der Waals surface area contributed by atoms with Crippen molar-refractivity contribution in [3.05, 3.63) is 53.4 Å². The van der Waals surface area contributed by atoms with Crippen LogP contribution in [0.3, 0.4) is 0 Å². The summed E-state index contributed by atoms with van der Waals surface area (Å²) in [5, 5.41) is 10.6. The molecule has 1 aromatic carbocycles. The van der Waals surface area contributed by atoms with E-state index >= 15 is 0 Å². The van der Waals surface area contributed by atoms with Crippen LogP contribution in [0.1, 0.15) is 5.56 Å². The molecule has 8 heteroatoms. The summed E-state index contributed by atoms with van der Waals surface area (Å²) >= 11 is 1.61. The van der Waals surface area contributed by atoms with Crippen molar-refractivity contribution in [2.45, 2.75) is 6.54 Å². The monoisotopic (exact) mass is 380 g/mol. The number of nitrogens with one attached hydrogen (secondary N) is 1. The lowest BCUT2D eigenvalue weighted by Crippen LogP contribution is -2.10. The second-order valence-electron chi connectivity index (χ2n) is 6.02. The Morgan fingerprint density at radius 3 is 2.74 bits per heavy atom. The van der Waals surface area contributed by atoms with Crippen molar-refractivity contribution in [2.24, 2.45) is 0 Å². The Morgan fingerprint density at radius 2 is 2.00 bits per heavy atom. The summed E-state index contributed by atoms with van der Waals surface area (Å²) in [5.41, 5.74) is 8.96. The van der Waals surface area contributed by atoms with Gasteiger partial charge in [0, 0.05) is 13.7 Å². The summed E-state index contributed by atoms with van der Waals surface area (Å²) in [6, 6.07) is 14.1. The van der Waals surface area contributed by atoms with Gasteiger partial charge in [0.25, 0.3) is 0 Å². The molecule has 4 rings (SSSR count). The number of methoxy groups -OCH3 is 1. The Bertz CT molecular complexity index is 1030. The van der Waals surface area contributed by atoms with Gasteiger partial charge in [-0.05, 0) is 17.0 Å². The van der Waals surface area contributed by atoms with E-state index in [4.69, 9.17) is 15.5 Å². The molecule has 3 N–H and O–H groups in total. The lowest BCUT2D eigenvalue weighted by molar-refractivity contribution is 0.210. The lowest BCUT2D eigenvalue weighted by Gasteiger charge is -2.07. The fourth-order valence-electron chi connectivity index (χ4n) is 2.87. The first-order valence-electron chi connectivity index (χ1n) is 8.61. The van der Waals surface area contributed by atoms with E-state index in [-0.39, 0.29) is 0 Å². The zero-order chi connectivity index (χ0) is 18.6. The van der Waals surface area contributed by atoms with Crippen LogP contribution in [0, 0.1) is 0 Å². The smallest absolute Gasteiger partial charge is 0.225 e. The minimum Gasteiger partial charge on any atom is -0.383 e. The molecule has 0 saturated heterocycles. The molecule has 27 heavy (non-hydrogen) atoms. The van der Waals surface area contributed by atoms with Crippen LogP contribution in [0.4, 0.5) is 11.8 Å². The van der Waals surface area contributed by atoms with Gasteiger partial charge in [0.05, 0.1) is 29.1 Å². The van der Waals surface area contributed by atoms with Gasteiger partial charge in [-0.3, -0.25) is 0 Å². The van der Waals surface area contributed by atoms with Crippen molar-refractivity contribution in [1.82, 2.24) is 19.7 Å². The molecule has 0 unspecified atom stereocenters. The number of rotatable bonds is 7. The molecule has 138 valence electrons. The summed E-state index contributed by atoms with van der Waals surface area (Å²) in [6.45, 7) is 1.77. The van der Waals surface area contributed by atoms with Crippen LogP contribution in [-0.4, -0.2) is 40.0 Å². The number of aromatic nitrogens is 4. The van der Waals surface area contributed by atoms with Gasteiger partial charge in [-0.1, -0.05) is 36.4 Å². The molecule has 0 atom stereocenters. The normalized spacial score (nSPS) is 11.1. The Balaban J connectivity index is 1.79. The number of benzene rings is 1. The average Bonchev–Trinajstić information content (AvgIpc) is 3.32. The molecule has 7 nitrogen and oxygen atoms in total. The SMILES string of the molecule is COCCNc1nc(-c2cccs2)c2c(N)n(Cc3ccccc3)nc2n1. The Morgan fingerprint density at radius 1 is 1.15 bits per heavy atom. The first-order valence-corrected chi connectivity index (χ1v) is 9.49. The van der Waals surface area contributed by atoms with Crippen molar-refractivity contribution in [2.75, 3.05) is 31.3 Å². The van der Waals surface area contributed by atoms with Crippen molar-refractivity contribution in [3.63, 3.8) is 0 Å². The Hall–Kier alpha value is -2.97. The molecular weight excluding hydrogens is 360 g/mol. The van der Waals surface area contributed by atoms with E-state index in [0.717, 1.165) is 21.5 Å². The first-order chi connectivity index (χ1) is 13.3. The number of anilines is 2. The predicted molar refractivity (Wildman–Crippen MR) is 109 cm³/mol. The van der Waals surface area contributed by atoms with Gasteiger partial charge in [-0.15, -0.1) is 16.4 Å². The van der Waals surface area contributed by atoms with E-state index in [1.54, 1.807) is 23.1 Å². The Kier molecular flexibility index (Phi) is 4.99. The summed E-state index contributed by atoms with van der Waals surface area (Å²) < 4.78 is 6.87. The van der Waals surface area contributed by atoms with Crippen LogP contribution in [0.5, 0.6) is 0 Å². The third-order valence-corrected chi connectivity index (χ3v) is 5.04. The van der Waals surface area contributed by atoms with Gasteiger partial charge >= 0.3 is 0 Å². The van der Waals surface area contributed by atoms with Crippen molar-refractivity contribution < 1.29 is 4.74 Å². The molecule has 0 radical (unpaired) electrons. The number of nitrogens with zero attached hydrogens (tertiary/aromatic N) is 4. The zero-order valence-corrected chi connectivity index (χ0v) is 15.7. The minimum atomic E-state index is 0.521. The molecule has 4 aromatic rings. The molecule has 0 aliphatic carbocycles. The third-order valence-electron chi connectivity index (χ3n) is 4.16. The van der Waals surface area contributed by atoms with Gasteiger partial charge < -0.3 is 15.8 Å². The largest absolute Gasteiger partial charge is 0.383 e. The van der Waals surface area contributed by atoms with Crippen LogP contribution < -0.4 is 11.1 Å². The number of fused-ring (bicyclic) bond motifs is 1. The maximum absolute atomic E-state index is 6.45. The van der Waals surface area contributed by atoms with E-state index in [0.29, 0.717) is 37.1 Å². The van der Waals surface area contributed by atoms with Crippen molar-refractivity contribution in [1.29, 1.82) is 0 Å². The maximum atomic E-state index is 6.45. The van der Waals surface area contributed by atoms with E-state index in [2.05, 4.69) is 27.5 Å².